The van der Waals surface area contributed by atoms with Crippen LogP contribution in [0, 0.1) is 0 Å². The van der Waals surface area contributed by atoms with Gasteiger partial charge in [0.15, 0.2) is 6.61 Å². The normalized spacial score (nSPS) is 16.6. The average molecular weight is 398 g/mol. The second kappa shape index (κ2) is 7.74. The Labute approximate surface area is 166 Å². The van der Waals surface area contributed by atoms with Crippen molar-refractivity contribution in [2.24, 2.45) is 0 Å². The zero-order chi connectivity index (χ0) is 18.8. The minimum atomic E-state index is -0.449. The summed E-state index contributed by atoms with van der Waals surface area (Å²) in [5.74, 6) is -0.637. The number of anilines is 1. The van der Waals surface area contributed by atoms with Gasteiger partial charge in [0.2, 0.25) is 0 Å². The molecule has 4 nitrogen and oxygen atoms in total. The molecule has 0 N–H and O–H groups in total. The largest absolute Gasteiger partial charge is 0.451 e. The third-order valence-corrected chi connectivity index (χ3v) is 6.83. The highest BCUT2D eigenvalue weighted by Gasteiger charge is 2.25. The fourth-order valence-electron chi connectivity index (χ4n) is 3.10. The number of para-hydroxylation sites is 1. The fourth-order valence-corrected chi connectivity index (χ4v) is 5.17. The molecule has 2 aromatic carbocycles. The standard InChI is InChI=1S/C21H19NO3S2/c1-14-10-11-22(16-7-3-5-9-18(16)26-14)20(23)13-25-21(24)19-12-15-6-2-4-8-17(15)27-19/h2-9,12,14H,10-11,13H2,1H3/t14-/m1/s1. The molecule has 4 rings (SSSR count). The molecule has 1 aliphatic rings. The van der Waals surface area contributed by atoms with Crippen LogP contribution in [-0.4, -0.2) is 30.3 Å². The van der Waals surface area contributed by atoms with Crippen LogP contribution in [0.15, 0.2) is 59.5 Å². The molecule has 1 atom stereocenters. The molecule has 2 heterocycles. The maximum atomic E-state index is 12.8. The minimum absolute atomic E-state index is 0.188. The number of thiophene rings is 1. The lowest BCUT2D eigenvalue weighted by atomic mass is 10.2. The number of esters is 1. The number of carbonyl (C=O) groups is 2. The van der Waals surface area contributed by atoms with Gasteiger partial charge in [-0.15, -0.1) is 23.1 Å². The van der Waals surface area contributed by atoms with Gasteiger partial charge in [0.05, 0.1) is 5.69 Å². The first-order chi connectivity index (χ1) is 13.1. The fraction of sp³-hybridized carbons (Fsp3) is 0.238. The summed E-state index contributed by atoms with van der Waals surface area (Å²) in [6.07, 6.45) is 0.898. The predicted molar refractivity (Wildman–Crippen MR) is 111 cm³/mol. The average Bonchev–Trinajstić information content (AvgIpc) is 3.04. The first-order valence-corrected chi connectivity index (χ1v) is 10.5. The summed E-state index contributed by atoms with van der Waals surface area (Å²) in [5, 5.41) is 1.44. The summed E-state index contributed by atoms with van der Waals surface area (Å²) in [6, 6.07) is 17.5. The zero-order valence-corrected chi connectivity index (χ0v) is 16.5. The van der Waals surface area contributed by atoms with Gasteiger partial charge in [-0.1, -0.05) is 37.3 Å². The Kier molecular flexibility index (Phi) is 5.18. The van der Waals surface area contributed by atoms with E-state index in [1.165, 1.54) is 11.3 Å². The van der Waals surface area contributed by atoms with E-state index in [0.29, 0.717) is 16.7 Å². The molecule has 138 valence electrons. The number of hydrogen-bond acceptors (Lipinski definition) is 5. The van der Waals surface area contributed by atoms with Gasteiger partial charge >= 0.3 is 5.97 Å². The van der Waals surface area contributed by atoms with Crippen LogP contribution < -0.4 is 4.90 Å². The number of ether oxygens (including phenoxy) is 1. The maximum absolute atomic E-state index is 12.8. The number of thioether (sulfide) groups is 1. The molecule has 6 heteroatoms. The van der Waals surface area contributed by atoms with Crippen molar-refractivity contribution in [3.05, 3.63) is 59.5 Å². The van der Waals surface area contributed by atoms with Gasteiger partial charge in [0.1, 0.15) is 4.88 Å². The Morgan fingerprint density at radius 2 is 1.93 bits per heavy atom. The molecule has 0 saturated carbocycles. The minimum Gasteiger partial charge on any atom is -0.451 e. The van der Waals surface area contributed by atoms with Crippen LogP contribution in [0.4, 0.5) is 5.69 Å². The van der Waals surface area contributed by atoms with Gasteiger partial charge in [-0.2, -0.15) is 0 Å². The quantitative estimate of drug-likeness (QED) is 0.585. The molecule has 0 fully saturated rings. The lowest BCUT2D eigenvalue weighted by Gasteiger charge is -2.22. The van der Waals surface area contributed by atoms with E-state index in [1.807, 2.05) is 54.6 Å². The van der Waals surface area contributed by atoms with E-state index in [2.05, 4.69) is 6.92 Å². The molecule has 0 radical (unpaired) electrons. The molecule has 0 bridgehead atoms. The van der Waals surface area contributed by atoms with Crippen LogP contribution in [0.3, 0.4) is 0 Å². The molecular formula is C21H19NO3S2. The van der Waals surface area contributed by atoms with Gasteiger partial charge in [-0.3, -0.25) is 4.79 Å². The van der Waals surface area contributed by atoms with Gasteiger partial charge in [-0.25, -0.2) is 4.79 Å². The van der Waals surface area contributed by atoms with Crippen LogP contribution in [0.5, 0.6) is 0 Å². The van der Waals surface area contributed by atoms with E-state index in [-0.39, 0.29) is 12.5 Å². The molecule has 3 aromatic rings. The molecule has 1 aromatic heterocycles. The Bertz CT molecular complexity index is 965. The molecule has 1 amide bonds. The van der Waals surface area contributed by atoms with Crippen molar-refractivity contribution < 1.29 is 14.3 Å². The third-order valence-electron chi connectivity index (χ3n) is 4.50. The first-order valence-electron chi connectivity index (χ1n) is 8.83. The van der Waals surface area contributed by atoms with Crippen molar-refractivity contribution in [2.45, 2.75) is 23.5 Å². The maximum Gasteiger partial charge on any atom is 0.348 e. The van der Waals surface area contributed by atoms with Crippen molar-refractivity contribution in [3.63, 3.8) is 0 Å². The lowest BCUT2D eigenvalue weighted by Crippen LogP contribution is -2.35. The van der Waals surface area contributed by atoms with Crippen molar-refractivity contribution >= 4 is 50.7 Å². The van der Waals surface area contributed by atoms with Gasteiger partial charge in [0, 0.05) is 21.4 Å². The molecule has 0 spiro atoms. The number of nitrogens with zero attached hydrogens (tertiary/aromatic N) is 1. The molecule has 0 aliphatic carbocycles. The highest BCUT2D eigenvalue weighted by atomic mass is 32.2. The monoisotopic (exact) mass is 397 g/mol. The number of amides is 1. The second-order valence-corrected chi connectivity index (χ2v) is 9.02. The van der Waals surface area contributed by atoms with E-state index in [4.69, 9.17) is 4.74 Å². The van der Waals surface area contributed by atoms with Crippen LogP contribution in [0.2, 0.25) is 0 Å². The number of hydrogen-bond donors (Lipinski definition) is 0. The van der Waals surface area contributed by atoms with E-state index in [9.17, 15) is 9.59 Å². The predicted octanol–water partition coefficient (Wildman–Crippen LogP) is 4.98. The Hall–Kier alpha value is -2.31. The van der Waals surface area contributed by atoms with Crippen LogP contribution in [0.1, 0.15) is 23.0 Å². The summed E-state index contributed by atoms with van der Waals surface area (Å²) in [7, 11) is 0. The van der Waals surface area contributed by atoms with E-state index in [0.717, 1.165) is 27.1 Å². The highest BCUT2D eigenvalue weighted by molar-refractivity contribution is 8.00. The van der Waals surface area contributed by atoms with Gasteiger partial charge in [0.25, 0.3) is 5.91 Å². The van der Waals surface area contributed by atoms with E-state index < -0.39 is 5.97 Å². The van der Waals surface area contributed by atoms with E-state index in [1.54, 1.807) is 16.7 Å². The molecule has 0 unspecified atom stereocenters. The molecule has 27 heavy (non-hydrogen) atoms. The van der Waals surface area contributed by atoms with Crippen LogP contribution in [0.25, 0.3) is 10.1 Å². The Balaban J connectivity index is 1.46. The number of carbonyl (C=O) groups excluding carboxylic acids is 2. The zero-order valence-electron chi connectivity index (χ0n) is 14.9. The third kappa shape index (κ3) is 3.87. The summed E-state index contributed by atoms with van der Waals surface area (Å²) in [5.41, 5.74) is 0.898. The Morgan fingerprint density at radius 1 is 1.15 bits per heavy atom. The Morgan fingerprint density at radius 3 is 2.78 bits per heavy atom. The van der Waals surface area contributed by atoms with Crippen LogP contribution >= 0.6 is 23.1 Å². The van der Waals surface area contributed by atoms with Crippen LogP contribution in [-0.2, 0) is 9.53 Å². The summed E-state index contributed by atoms with van der Waals surface area (Å²) in [4.78, 5) is 28.5. The SMILES string of the molecule is C[C@@H]1CCN(C(=O)COC(=O)c2cc3ccccc3s2)c2ccccc2S1. The molecule has 1 aliphatic heterocycles. The molecule has 0 saturated heterocycles. The summed E-state index contributed by atoms with van der Waals surface area (Å²) >= 11 is 3.16. The van der Waals surface area contributed by atoms with Gasteiger partial charge in [-0.05, 0) is 36.1 Å². The number of fused-ring (bicyclic) bond motifs is 2. The topological polar surface area (TPSA) is 46.6 Å². The van der Waals surface area contributed by atoms with Crippen molar-refractivity contribution in [1.82, 2.24) is 0 Å². The second-order valence-electron chi connectivity index (χ2n) is 6.45. The summed E-state index contributed by atoms with van der Waals surface area (Å²) < 4.78 is 6.36. The van der Waals surface area contributed by atoms with Crippen molar-refractivity contribution in [1.29, 1.82) is 0 Å². The van der Waals surface area contributed by atoms with Crippen molar-refractivity contribution in [3.8, 4) is 0 Å². The smallest absolute Gasteiger partial charge is 0.348 e. The van der Waals surface area contributed by atoms with Gasteiger partial charge < -0.3 is 9.64 Å². The summed E-state index contributed by atoms with van der Waals surface area (Å²) in [6.45, 7) is 2.54. The first kappa shape index (κ1) is 18.1. The van der Waals surface area contributed by atoms with Crippen molar-refractivity contribution in [2.75, 3.05) is 18.1 Å². The number of benzene rings is 2. The lowest BCUT2D eigenvalue weighted by molar-refractivity contribution is -0.121. The molecular weight excluding hydrogens is 378 g/mol. The van der Waals surface area contributed by atoms with E-state index >= 15 is 0 Å². The highest BCUT2D eigenvalue weighted by Crippen LogP contribution is 2.37. The number of rotatable bonds is 3.